The number of halogens is 6. The molecule has 0 fully saturated rings. The average molecular weight is 396 g/mol. The Kier molecular flexibility index (Phi) is 5.68. The van der Waals surface area contributed by atoms with Crippen LogP contribution in [0.15, 0.2) is 42.5 Å². The molecule has 0 aliphatic carbocycles. The van der Waals surface area contributed by atoms with E-state index in [9.17, 15) is 26.3 Å². The maximum atomic E-state index is 14.5. The van der Waals surface area contributed by atoms with Crippen LogP contribution in [0.2, 0.25) is 0 Å². The van der Waals surface area contributed by atoms with Crippen molar-refractivity contribution in [1.82, 2.24) is 0 Å². The van der Waals surface area contributed by atoms with E-state index in [2.05, 4.69) is 6.92 Å². The van der Waals surface area contributed by atoms with Crippen LogP contribution in [0, 0.1) is 17.5 Å². The molecule has 0 atom stereocenters. The number of aryl methyl sites for hydroxylation is 1. The number of fused-ring (bicyclic) bond motifs is 1. The number of rotatable bonds is 5. The van der Waals surface area contributed by atoms with E-state index in [4.69, 9.17) is 0 Å². The van der Waals surface area contributed by atoms with Crippen molar-refractivity contribution in [3.8, 4) is 11.1 Å². The van der Waals surface area contributed by atoms with Crippen molar-refractivity contribution in [2.45, 2.75) is 38.8 Å². The molecule has 0 aromatic heterocycles. The van der Waals surface area contributed by atoms with Gasteiger partial charge < -0.3 is 0 Å². The van der Waals surface area contributed by atoms with Crippen molar-refractivity contribution in [2.75, 3.05) is 0 Å². The minimum atomic E-state index is -5.14. The highest BCUT2D eigenvalue weighted by Crippen LogP contribution is 2.38. The predicted octanol–water partition coefficient (Wildman–Crippen LogP) is 7.68. The third-order valence-electron chi connectivity index (χ3n) is 4.73. The fourth-order valence-corrected chi connectivity index (χ4v) is 3.28. The molecule has 6 heteroatoms. The summed E-state index contributed by atoms with van der Waals surface area (Å²) in [6, 6.07) is 9.14. The van der Waals surface area contributed by atoms with E-state index >= 15 is 0 Å². The molecule has 0 radical (unpaired) electrons. The molecule has 0 bridgehead atoms. The highest BCUT2D eigenvalue weighted by molar-refractivity contribution is 5.88. The van der Waals surface area contributed by atoms with Crippen LogP contribution in [-0.2, 0) is 12.6 Å². The van der Waals surface area contributed by atoms with E-state index < -0.39 is 29.2 Å². The van der Waals surface area contributed by atoms with E-state index in [1.54, 1.807) is 12.1 Å². The highest BCUT2D eigenvalue weighted by atomic mass is 19.4. The van der Waals surface area contributed by atoms with E-state index in [-0.39, 0.29) is 16.3 Å². The molecule has 0 nitrogen and oxygen atoms in total. The largest absolute Gasteiger partial charge is 0.422 e. The maximum absolute atomic E-state index is 14.5. The molecule has 0 saturated carbocycles. The summed E-state index contributed by atoms with van der Waals surface area (Å²) in [5, 5.41) is -0.430. The van der Waals surface area contributed by atoms with Crippen LogP contribution in [0.4, 0.5) is 26.3 Å². The van der Waals surface area contributed by atoms with Crippen LogP contribution in [0.5, 0.6) is 0 Å². The highest BCUT2D eigenvalue weighted by Gasteiger charge is 2.38. The van der Waals surface area contributed by atoms with Crippen molar-refractivity contribution in [3.05, 3.63) is 71.0 Å². The lowest BCUT2D eigenvalue weighted by Crippen LogP contribution is -2.11. The zero-order valence-corrected chi connectivity index (χ0v) is 15.1. The molecule has 0 amide bonds. The molecule has 0 aliphatic rings. The summed E-state index contributed by atoms with van der Waals surface area (Å²) in [5.74, 6) is -3.84. The molecular weight excluding hydrogens is 378 g/mol. The smallest absolute Gasteiger partial charge is 0.206 e. The first-order valence-electron chi connectivity index (χ1n) is 9.00. The zero-order valence-electron chi connectivity index (χ0n) is 15.1. The second-order valence-electron chi connectivity index (χ2n) is 6.75. The summed E-state index contributed by atoms with van der Waals surface area (Å²) in [6.45, 7) is 2.08. The van der Waals surface area contributed by atoms with Gasteiger partial charge in [-0.15, -0.1) is 0 Å². The van der Waals surface area contributed by atoms with E-state index in [1.165, 1.54) is 18.2 Å². The Labute approximate surface area is 158 Å². The molecule has 3 aromatic carbocycles. The third kappa shape index (κ3) is 4.01. The molecule has 0 aliphatic heterocycles. The van der Waals surface area contributed by atoms with Crippen LogP contribution in [0.1, 0.15) is 37.3 Å². The van der Waals surface area contributed by atoms with E-state index in [0.29, 0.717) is 11.6 Å². The lowest BCUT2D eigenvalue weighted by atomic mass is 9.97. The quantitative estimate of drug-likeness (QED) is 0.307. The fraction of sp³-hybridized carbons (Fsp3) is 0.273. The molecule has 3 aromatic rings. The van der Waals surface area contributed by atoms with Gasteiger partial charge in [-0.1, -0.05) is 44.0 Å². The monoisotopic (exact) mass is 396 g/mol. The Morgan fingerprint density at radius 3 is 2.21 bits per heavy atom. The first-order valence-corrected chi connectivity index (χ1v) is 9.00. The summed E-state index contributed by atoms with van der Waals surface area (Å²) >= 11 is 0. The first kappa shape index (κ1) is 20.2. The normalized spacial score (nSPS) is 12.0. The lowest BCUT2D eigenvalue weighted by molar-refractivity contribution is -0.142. The average Bonchev–Trinajstić information content (AvgIpc) is 2.60. The van der Waals surface area contributed by atoms with Crippen molar-refractivity contribution in [2.24, 2.45) is 0 Å². The molecular formula is C22H18F6. The Hall–Kier alpha value is -2.50. The SMILES string of the molecule is CCCCCc1ccc(-c2ccc3c(F)c(C(F)(F)F)c(F)cc3c2)c(F)c1. The predicted molar refractivity (Wildman–Crippen MR) is 97.5 cm³/mol. The standard InChI is InChI=1S/C22H18F6/c1-2-3-4-5-13-6-8-16(18(23)10-13)14-7-9-17-15(11-14)12-19(24)20(21(17)25)22(26,27)28/h6-12H,2-5H2,1H3. The van der Waals surface area contributed by atoms with Crippen LogP contribution in [-0.4, -0.2) is 0 Å². The van der Waals surface area contributed by atoms with Crippen molar-refractivity contribution < 1.29 is 26.3 Å². The zero-order chi connectivity index (χ0) is 20.5. The Morgan fingerprint density at radius 2 is 1.57 bits per heavy atom. The van der Waals surface area contributed by atoms with Crippen molar-refractivity contribution in [1.29, 1.82) is 0 Å². The Bertz CT molecular complexity index is 1000. The van der Waals surface area contributed by atoms with Crippen molar-refractivity contribution in [3.63, 3.8) is 0 Å². The molecule has 0 saturated heterocycles. The lowest BCUT2D eigenvalue weighted by Gasteiger charge is -2.13. The second-order valence-corrected chi connectivity index (χ2v) is 6.75. The molecule has 0 N–H and O–H groups in total. The summed E-state index contributed by atoms with van der Waals surface area (Å²) in [6.07, 6.45) is -1.34. The number of hydrogen-bond donors (Lipinski definition) is 0. The van der Waals surface area contributed by atoms with Gasteiger partial charge in [-0.3, -0.25) is 0 Å². The number of unbranched alkanes of at least 4 members (excludes halogenated alkanes) is 2. The van der Waals surface area contributed by atoms with Crippen LogP contribution in [0.3, 0.4) is 0 Å². The third-order valence-corrected chi connectivity index (χ3v) is 4.73. The molecule has 148 valence electrons. The van der Waals surface area contributed by atoms with Gasteiger partial charge in [0.2, 0.25) is 0 Å². The number of benzene rings is 3. The fourth-order valence-electron chi connectivity index (χ4n) is 3.28. The van der Waals surface area contributed by atoms with Gasteiger partial charge in [0.1, 0.15) is 23.0 Å². The summed E-state index contributed by atoms with van der Waals surface area (Å²) < 4.78 is 81.2. The Balaban J connectivity index is 2.01. The van der Waals surface area contributed by atoms with E-state index in [1.807, 2.05) is 0 Å². The number of hydrogen-bond acceptors (Lipinski definition) is 0. The van der Waals surface area contributed by atoms with Gasteiger partial charge in [0.15, 0.2) is 0 Å². The van der Waals surface area contributed by atoms with Crippen LogP contribution >= 0.6 is 0 Å². The topological polar surface area (TPSA) is 0 Å². The van der Waals surface area contributed by atoms with Crippen LogP contribution < -0.4 is 0 Å². The minimum absolute atomic E-state index is 0.0630. The molecule has 0 spiro atoms. The molecule has 0 unspecified atom stereocenters. The minimum Gasteiger partial charge on any atom is -0.206 e. The molecule has 0 heterocycles. The van der Waals surface area contributed by atoms with Crippen LogP contribution in [0.25, 0.3) is 21.9 Å². The number of alkyl halides is 3. The molecule has 3 rings (SSSR count). The summed E-state index contributed by atoms with van der Waals surface area (Å²) in [5.41, 5.74) is -0.511. The second kappa shape index (κ2) is 7.86. The summed E-state index contributed by atoms with van der Waals surface area (Å²) in [7, 11) is 0. The van der Waals surface area contributed by atoms with Gasteiger partial charge in [0.05, 0.1) is 0 Å². The maximum Gasteiger partial charge on any atom is 0.422 e. The Morgan fingerprint density at radius 1 is 0.821 bits per heavy atom. The summed E-state index contributed by atoms with van der Waals surface area (Å²) in [4.78, 5) is 0. The van der Waals surface area contributed by atoms with Gasteiger partial charge in [-0.25, -0.2) is 13.2 Å². The van der Waals surface area contributed by atoms with Crippen molar-refractivity contribution >= 4 is 10.8 Å². The van der Waals surface area contributed by atoms with Gasteiger partial charge in [0, 0.05) is 10.9 Å². The van der Waals surface area contributed by atoms with Gasteiger partial charge >= 0.3 is 6.18 Å². The van der Waals surface area contributed by atoms with Gasteiger partial charge in [-0.2, -0.15) is 13.2 Å². The van der Waals surface area contributed by atoms with Gasteiger partial charge in [-0.05, 0) is 47.6 Å². The first-order chi connectivity index (χ1) is 13.2. The van der Waals surface area contributed by atoms with Gasteiger partial charge in [0.25, 0.3) is 0 Å². The molecule has 28 heavy (non-hydrogen) atoms. The van der Waals surface area contributed by atoms with E-state index in [0.717, 1.165) is 37.3 Å².